The van der Waals surface area contributed by atoms with E-state index in [1.807, 2.05) is 6.08 Å². The summed E-state index contributed by atoms with van der Waals surface area (Å²) in [5.41, 5.74) is 2.61. The van der Waals surface area contributed by atoms with E-state index in [4.69, 9.17) is 4.84 Å². The van der Waals surface area contributed by atoms with Crippen LogP contribution in [0.15, 0.2) is 24.3 Å². The van der Waals surface area contributed by atoms with Crippen molar-refractivity contribution in [3.05, 3.63) is 24.3 Å². The van der Waals surface area contributed by atoms with Gasteiger partial charge in [0.15, 0.2) is 6.23 Å². The van der Waals surface area contributed by atoms with Crippen LogP contribution >= 0.6 is 0 Å². The molecule has 64 valence electrons. The number of hydrogen-bond donors (Lipinski definition) is 1. The van der Waals surface area contributed by atoms with Crippen LogP contribution in [0.4, 0.5) is 0 Å². The summed E-state index contributed by atoms with van der Waals surface area (Å²) >= 11 is 0. The van der Waals surface area contributed by atoms with Gasteiger partial charge < -0.3 is 0 Å². The van der Waals surface area contributed by atoms with Gasteiger partial charge in [-0.05, 0) is 6.08 Å². The molecule has 1 N–H and O–H groups in total. The lowest BCUT2D eigenvalue weighted by atomic mass is 10.0. The molecule has 0 saturated carbocycles. The molecule has 1 fully saturated rings. The van der Waals surface area contributed by atoms with Crippen molar-refractivity contribution >= 4 is 15.2 Å². The van der Waals surface area contributed by atoms with Crippen LogP contribution < -0.4 is 5.48 Å². The molecule has 4 nitrogen and oxygen atoms in total. The second kappa shape index (κ2) is 2.85. The van der Waals surface area contributed by atoms with Crippen LogP contribution in [0.3, 0.4) is 0 Å². The minimum absolute atomic E-state index is 0.168. The van der Waals surface area contributed by atoms with Crippen molar-refractivity contribution in [2.75, 3.05) is 0 Å². The summed E-state index contributed by atoms with van der Waals surface area (Å²) < 4.78 is 21.4. The van der Waals surface area contributed by atoms with Crippen LogP contribution in [0.1, 0.15) is 0 Å². The maximum absolute atomic E-state index is 10.7. The molecule has 0 bridgehead atoms. The summed E-state index contributed by atoms with van der Waals surface area (Å²) in [6.45, 7) is 0. The third-order valence-electron chi connectivity index (χ3n) is 1.79. The van der Waals surface area contributed by atoms with Gasteiger partial charge in [0.2, 0.25) is 10.3 Å². The van der Waals surface area contributed by atoms with Crippen molar-refractivity contribution in [3.63, 3.8) is 0 Å². The minimum Gasteiger partial charge on any atom is -0.277 e. The molecule has 0 aromatic heterocycles. The third kappa shape index (κ3) is 1.34. The predicted molar refractivity (Wildman–Crippen MR) is 43.7 cm³/mol. The Morgan fingerprint density at radius 1 is 1.42 bits per heavy atom. The molecule has 0 aromatic carbocycles. The first-order valence-electron chi connectivity index (χ1n) is 3.51. The van der Waals surface area contributed by atoms with Crippen molar-refractivity contribution in [1.82, 2.24) is 5.48 Å². The summed E-state index contributed by atoms with van der Waals surface area (Å²) in [6.07, 6.45) is 6.72. The van der Waals surface area contributed by atoms with Crippen molar-refractivity contribution in [1.29, 1.82) is 0 Å². The fourth-order valence-corrected chi connectivity index (χ4v) is 1.76. The zero-order valence-corrected chi connectivity index (χ0v) is 6.91. The lowest BCUT2D eigenvalue weighted by Gasteiger charge is -2.07. The Morgan fingerprint density at radius 3 is 2.75 bits per heavy atom. The van der Waals surface area contributed by atoms with E-state index in [2.05, 4.69) is 5.48 Å². The Hall–Kier alpha value is -0.910. The highest BCUT2D eigenvalue weighted by molar-refractivity contribution is 7.73. The van der Waals surface area contributed by atoms with E-state index in [-0.39, 0.29) is 12.1 Å². The summed E-state index contributed by atoms with van der Waals surface area (Å²) in [6, 6.07) is 0. The second-order valence-electron chi connectivity index (χ2n) is 2.56. The first kappa shape index (κ1) is 7.72. The standard InChI is InChI=1S/C7H7NO3S/c9-12(10)6-4-2-1-3-5(6)7-8-11-7/h1-5,7-8H. The highest BCUT2D eigenvalue weighted by atomic mass is 32.2. The normalized spacial score (nSPS) is 32.2. The van der Waals surface area contributed by atoms with Gasteiger partial charge in [-0.25, -0.2) is 0 Å². The maximum atomic E-state index is 10.7. The largest absolute Gasteiger partial charge is 0.277 e. The topological polar surface area (TPSA) is 68.6 Å². The third-order valence-corrected chi connectivity index (χ3v) is 2.58. The monoisotopic (exact) mass is 185 g/mol. The van der Waals surface area contributed by atoms with Crippen LogP contribution in [-0.2, 0) is 15.1 Å². The Morgan fingerprint density at radius 2 is 2.17 bits per heavy atom. The number of hydrogen-bond acceptors (Lipinski definition) is 4. The summed E-state index contributed by atoms with van der Waals surface area (Å²) in [7, 11) is -2.15. The maximum Gasteiger partial charge on any atom is 0.218 e. The fourth-order valence-electron chi connectivity index (χ4n) is 1.14. The Bertz CT molecular complexity index is 367. The molecule has 2 unspecified atom stereocenters. The molecule has 5 heteroatoms. The molecule has 1 aliphatic heterocycles. The average molecular weight is 185 g/mol. The zero-order valence-electron chi connectivity index (χ0n) is 6.10. The van der Waals surface area contributed by atoms with E-state index in [1.165, 1.54) is 0 Å². The minimum atomic E-state index is -2.15. The van der Waals surface area contributed by atoms with Gasteiger partial charge in [-0.3, -0.25) is 4.84 Å². The van der Waals surface area contributed by atoms with Gasteiger partial charge in [-0.1, -0.05) is 18.2 Å². The van der Waals surface area contributed by atoms with E-state index in [1.54, 1.807) is 18.2 Å². The Labute approximate surface area is 71.0 Å². The molecule has 2 aliphatic rings. The molecule has 2 atom stereocenters. The van der Waals surface area contributed by atoms with Gasteiger partial charge in [0.25, 0.3) is 0 Å². The van der Waals surface area contributed by atoms with E-state index in [0.717, 1.165) is 0 Å². The molecule has 12 heavy (non-hydrogen) atoms. The van der Waals surface area contributed by atoms with E-state index in [9.17, 15) is 8.42 Å². The van der Waals surface area contributed by atoms with Gasteiger partial charge >= 0.3 is 0 Å². The molecule has 1 saturated heterocycles. The van der Waals surface area contributed by atoms with Gasteiger partial charge in [-0.15, -0.1) is 0 Å². The Balaban J connectivity index is 2.38. The van der Waals surface area contributed by atoms with E-state index >= 15 is 0 Å². The summed E-state index contributed by atoms with van der Waals surface area (Å²) in [4.78, 5) is 5.17. The summed E-state index contributed by atoms with van der Waals surface area (Å²) in [5, 5.41) is 0. The number of nitrogens with one attached hydrogen (secondary N) is 1. The molecular formula is C7H7NO3S. The Kier molecular flexibility index (Phi) is 1.84. The SMILES string of the molecule is O=S(=O)=C1C=CC=CC1C1NO1. The van der Waals surface area contributed by atoms with Crippen molar-refractivity contribution < 1.29 is 13.3 Å². The van der Waals surface area contributed by atoms with Crippen molar-refractivity contribution in [3.8, 4) is 0 Å². The van der Waals surface area contributed by atoms with Gasteiger partial charge in [0.1, 0.15) is 0 Å². The van der Waals surface area contributed by atoms with Crippen LogP contribution in [0.5, 0.6) is 0 Å². The zero-order chi connectivity index (χ0) is 8.55. The predicted octanol–water partition coefficient (Wildman–Crippen LogP) is -0.359. The number of hydroxylamine groups is 1. The average Bonchev–Trinajstić information content (AvgIpc) is 2.87. The quantitative estimate of drug-likeness (QED) is 0.447. The molecule has 1 heterocycles. The molecule has 1 aliphatic carbocycles. The fraction of sp³-hybridized carbons (Fsp3) is 0.286. The highest BCUT2D eigenvalue weighted by Crippen LogP contribution is 2.20. The molecule has 0 spiro atoms. The highest BCUT2D eigenvalue weighted by Gasteiger charge is 2.34. The second-order valence-corrected chi connectivity index (χ2v) is 3.50. The molecule has 0 amide bonds. The lowest BCUT2D eigenvalue weighted by molar-refractivity contribution is 0.359. The van der Waals surface area contributed by atoms with Crippen LogP contribution in [0.25, 0.3) is 0 Å². The summed E-state index contributed by atoms with van der Waals surface area (Å²) in [5.74, 6) is -0.173. The first-order chi connectivity index (χ1) is 5.79. The number of rotatable bonds is 1. The van der Waals surface area contributed by atoms with E-state index in [0.29, 0.717) is 4.86 Å². The lowest BCUT2D eigenvalue weighted by Crippen LogP contribution is -2.20. The van der Waals surface area contributed by atoms with Crippen LogP contribution in [-0.4, -0.2) is 19.5 Å². The molecular weight excluding hydrogens is 178 g/mol. The molecule has 0 aromatic rings. The van der Waals surface area contributed by atoms with Gasteiger partial charge in [-0.2, -0.15) is 13.9 Å². The number of allylic oxidation sites excluding steroid dienone is 3. The smallest absolute Gasteiger partial charge is 0.218 e. The molecule has 2 rings (SSSR count). The molecule has 0 radical (unpaired) electrons. The van der Waals surface area contributed by atoms with Crippen LogP contribution in [0, 0.1) is 5.92 Å². The van der Waals surface area contributed by atoms with Gasteiger partial charge in [0.05, 0.1) is 10.8 Å². The van der Waals surface area contributed by atoms with E-state index < -0.39 is 10.3 Å². The van der Waals surface area contributed by atoms with Crippen molar-refractivity contribution in [2.45, 2.75) is 6.23 Å². The van der Waals surface area contributed by atoms with Crippen LogP contribution in [0.2, 0.25) is 0 Å². The van der Waals surface area contributed by atoms with Gasteiger partial charge in [0, 0.05) is 0 Å². The first-order valence-corrected chi connectivity index (χ1v) is 4.58. The van der Waals surface area contributed by atoms with Crippen molar-refractivity contribution in [2.24, 2.45) is 5.92 Å².